The van der Waals surface area contributed by atoms with E-state index in [-0.39, 0.29) is 5.91 Å². The molecule has 0 atom stereocenters. The molecule has 0 saturated carbocycles. The zero-order valence-corrected chi connectivity index (χ0v) is 11.6. The van der Waals surface area contributed by atoms with Crippen LogP contribution in [-0.2, 0) is 0 Å². The molecule has 0 aliphatic carbocycles. The van der Waals surface area contributed by atoms with E-state index in [0.29, 0.717) is 5.92 Å². The molecule has 0 bridgehead atoms. The van der Waals surface area contributed by atoms with Crippen LogP contribution >= 0.6 is 23.1 Å². The number of likely N-dealkylation sites (tertiary alicyclic amines) is 1. The summed E-state index contributed by atoms with van der Waals surface area (Å²) in [5.74, 6) is 0.794. The molecule has 94 valence electrons. The average molecular weight is 270 g/mol. The summed E-state index contributed by atoms with van der Waals surface area (Å²) in [6, 6.07) is 2.02. The molecule has 0 spiro atoms. The lowest BCUT2D eigenvalue weighted by Crippen LogP contribution is -2.39. The molecule has 2 rings (SSSR count). The third kappa shape index (κ3) is 2.84. The fraction of sp³-hybridized carbons (Fsp3) is 0.583. The molecule has 1 aliphatic rings. The molecular formula is C12H18N2OS2. The third-order valence-corrected chi connectivity index (χ3v) is 5.09. The predicted molar refractivity (Wildman–Crippen MR) is 73.8 cm³/mol. The Balaban J connectivity index is 2.02. The van der Waals surface area contributed by atoms with Crippen molar-refractivity contribution >= 4 is 29.0 Å². The van der Waals surface area contributed by atoms with Gasteiger partial charge in [0, 0.05) is 18.0 Å². The molecule has 3 nitrogen and oxygen atoms in total. The zero-order valence-electron chi connectivity index (χ0n) is 10.0. The maximum Gasteiger partial charge on any atom is 0.265 e. The summed E-state index contributed by atoms with van der Waals surface area (Å²) >= 11 is 3.19. The zero-order chi connectivity index (χ0) is 12.3. The highest BCUT2D eigenvalue weighted by Crippen LogP contribution is 2.28. The minimum absolute atomic E-state index is 0.194. The van der Waals surface area contributed by atoms with E-state index in [1.807, 2.05) is 22.6 Å². The number of piperidine rings is 1. The van der Waals surface area contributed by atoms with E-state index >= 15 is 0 Å². The van der Waals surface area contributed by atoms with E-state index in [9.17, 15) is 4.79 Å². The van der Waals surface area contributed by atoms with Gasteiger partial charge in [-0.15, -0.1) is 23.1 Å². The molecule has 1 aromatic heterocycles. The first-order valence-electron chi connectivity index (χ1n) is 5.87. The molecule has 1 saturated heterocycles. The Kier molecular flexibility index (Phi) is 4.48. The molecule has 0 unspecified atom stereocenters. The fourth-order valence-electron chi connectivity index (χ4n) is 2.13. The van der Waals surface area contributed by atoms with Crippen LogP contribution in [0.5, 0.6) is 0 Å². The minimum atomic E-state index is 0.194. The number of amides is 1. The van der Waals surface area contributed by atoms with Crippen molar-refractivity contribution in [2.45, 2.75) is 17.7 Å². The van der Waals surface area contributed by atoms with Gasteiger partial charge in [0.2, 0.25) is 0 Å². The number of nitrogens with two attached hydrogens (primary N) is 1. The number of carbonyl (C=O) groups is 1. The third-order valence-electron chi connectivity index (χ3n) is 3.28. The summed E-state index contributed by atoms with van der Waals surface area (Å²) < 4.78 is 0. The van der Waals surface area contributed by atoms with Gasteiger partial charge in [-0.1, -0.05) is 0 Å². The van der Waals surface area contributed by atoms with Gasteiger partial charge >= 0.3 is 0 Å². The first-order valence-corrected chi connectivity index (χ1v) is 7.97. The molecule has 17 heavy (non-hydrogen) atoms. The van der Waals surface area contributed by atoms with Gasteiger partial charge in [0.05, 0.1) is 0 Å². The van der Waals surface area contributed by atoms with Crippen LogP contribution in [0.25, 0.3) is 0 Å². The van der Waals surface area contributed by atoms with Crippen LogP contribution < -0.4 is 5.73 Å². The maximum atomic E-state index is 12.3. The summed E-state index contributed by atoms with van der Waals surface area (Å²) in [7, 11) is 0. The molecule has 1 fully saturated rings. The van der Waals surface area contributed by atoms with Gasteiger partial charge in [0.15, 0.2) is 0 Å². The molecule has 0 radical (unpaired) electrons. The van der Waals surface area contributed by atoms with Gasteiger partial charge in [-0.25, -0.2) is 0 Å². The quantitative estimate of drug-likeness (QED) is 0.857. The molecule has 2 heterocycles. The fourth-order valence-corrected chi connectivity index (χ4v) is 3.84. The summed E-state index contributed by atoms with van der Waals surface area (Å²) in [4.78, 5) is 16.3. The van der Waals surface area contributed by atoms with Crippen molar-refractivity contribution in [3.8, 4) is 0 Å². The topological polar surface area (TPSA) is 46.3 Å². The molecule has 0 aromatic carbocycles. The molecule has 1 aromatic rings. The molecular weight excluding hydrogens is 252 g/mol. The van der Waals surface area contributed by atoms with Crippen molar-refractivity contribution in [1.29, 1.82) is 0 Å². The van der Waals surface area contributed by atoms with Crippen molar-refractivity contribution in [3.63, 3.8) is 0 Å². The van der Waals surface area contributed by atoms with Crippen LogP contribution in [0.4, 0.5) is 0 Å². The molecule has 2 N–H and O–H groups in total. The highest BCUT2D eigenvalue weighted by Gasteiger charge is 2.24. The Hall–Kier alpha value is -0.520. The Morgan fingerprint density at radius 3 is 2.88 bits per heavy atom. The highest BCUT2D eigenvalue weighted by atomic mass is 32.2. The highest BCUT2D eigenvalue weighted by molar-refractivity contribution is 7.98. The van der Waals surface area contributed by atoms with E-state index in [0.717, 1.165) is 42.2 Å². The minimum Gasteiger partial charge on any atom is -0.338 e. The second kappa shape index (κ2) is 5.89. The van der Waals surface area contributed by atoms with E-state index in [1.165, 1.54) is 0 Å². The van der Waals surface area contributed by atoms with Crippen molar-refractivity contribution < 1.29 is 4.79 Å². The summed E-state index contributed by atoms with van der Waals surface area (Å²) in [6.07, 6.45) is 4.10. The number of nitrogens with zero attached hydrogens (tertiary/aromatic N) is 1. The van der Waals surface area contributed by atoms with Crippen molar-refractivity contribution in [2.24, 2.45) is 11.7 Å². The van der Waals surface area contributed by atoms with E-state index < -0.39 is 0 Å². The maximum absolute atomic E-state index is 12.3. The second-order valence-electron chi connectivity index (χ2n) is 4.29. The van der Waals surface area contributed by atoms with Crippen LogP contribution in [0.1, 0.15) is 22.5 Å². The number of carbonyl (C=O) groups excluding carboxylic acids is 1. The SMILES string of the molecule is CSc1ccsc1C(=O)N1CCC(CN)CC1. The summed E-state index contributed by atoms with van der Waals surface area (Å²) in [5, 5.41) is 1.99. The van der Waals surface area contributed by atoms with Gasteiger partial charge < -0.3 is 10.6 Å². The Bertz CT molecular complexity index is 384. The van der Waals surface area contributed by atoms with Crippen molar-refractivity contribution in [1.82, 2.24) is 4.90 Å². The van der Waals surface area contributed by atoms with Crippen molar-refractivity contribution in [3.05, 3.63) is 16.3 Å². The lowest BCUT2D eigenvalue weighted by Gasteiger charge is -2.31. The summed E-state index contributed by atoms with van der Waals surface area (Å²) in [5.41, 5.74) is 5.66. The van der Waals surface area contributed by atoms with Gasteiger partial charge in [0.1, 0.15) is 4.88 Å². The van der Waals surface area contributed by atoms with E-state index in [2.05, 4.69) is 0 Å². The number of hydrogen-bond acceptors (Lipinski definition) is 4. The Labute approximate surface area is 110 Å². The Morgan fingerprint density at radius 1 is 1.59 bits per heavy atom. The normalized spacial score (nSPS) is 17.4. The van der Waals surface area contributed by atoms with Crippen LogP contribution in [0, 0.1) is 5.92 Å². The number of thiophene rings is 1. The standard InChI is InChI=1S/C12H18N2OS2/c1-16-10-4-7-17-11(10)12(15)14-5-2-9(8-13)3-6-14/h4,7,9H,2-3,5-6,8,13H2,1H3. The Morgan fingerprint density at radius 2 is 2.29 bits per heavy atom. The van der Waals surface area contributed by atoms with Crippen LogP contribution in [-0.4, -0.2) is 36.7 Å². The summed E-state index contributed by atoms with van der Waals surface area (Å²) in [6.45, 7) is 2.45. The van der Waals surface area contributed by atoms with E-state index in [1.54, 1.807) is 23.1 Å². The largest absolute Gasteiger partial charge is 0.338 e. The number of rotatable bonds is 3. The van der Waals surface area contributed by atoms with Crippen LogP contribution in [0.3, 0.4) is 0 Å². The lowest BCUT2D eigenvalue weighted by atomic mass is 9.97. The predicted octanol–water partition coefficient (Wildman–Crippen LogP) is 2.28. The van der Waals surface area contributed by atoms with Crippen LogP contribution in [0.15, 0.2) is 16.3 Å². The number of thioether (sulfide) groups is 1. The molecule has 1 amide bonds. The molecule has 5 heteroatoms. The van der Waals surface area contributed by atoms with Crippen molar-refractivity contribution in [2.75, 3.05) is 25.9 Å². The van der Waals surface area contributed by atoms with Gasteiger partial charge in [-0.3, -0.25) is 4.79 Å². The smallest absolute Gasteiger partial charge is 0.265 e. The van der Waals surface area contributed by atoms with E-state index in [4.69, 9.17) is 5.73 Å². The lowest BCUT2D eigenvalue weighted by molar-refractivity contribution is 0.0695. The second-order valence-corrected chi connectivity index (χ2v) is 6.05. The van der Waals surface area contributed by atoms with Gasteiger partial charge in [-0.05, 0) is 43.0 Å². The van der Waals surface area contributed by atoms with Gasteiger partial charge in [0.25, 0.3) is 5.91 Å². The van der Waals surface area contributed by atoms with Crippen LogP contribution in [0.2, 0.25) is 0 Å². The molecule has 1 aliphatic heterocycles. The average Bonchev–Trinajstić information content (AvgIpc) is 2.86. The van der Waals surface area contributed by atoms with Gasteiger partial charge in [-0.2, -0.15) is 0 Å². The monoisotopic (exact) mass is 270 g/mol. The first-order chi connectivity index (χ1) is 8.26. The number of hydrogen-bond donors (Lipinski definition) is 1. The first kappa shape index (κ1) is 12.9.